The minimum absolute atomic E-state index is 0. The van der Waals surface area contributed by atoms with Gasteiger partial charge in [-0.25, -0.2) is 4.98 Å². The number of hydrogen-bond acceptors (Lipinski definition) is 5. The van der Waals surface area contributed by atoms with E-state index in [-0.39, 0.29) is 24.2 Å². The number of furan rings is 1. The summed E-state index contributed by atoms with van der Waals surface area (Å²) in [6.45, 7) is 0. The van der Waals surface area contributed by atoms with Crippen molar-refractivity contribution in [3.63, 3.8) is 0 Å². The van der Waals surface area contributed by atoms with Crippen molar-refractivity contribution in [2.45, 2.75) is 38.1 Å². The Kier molecular flexibility index (Phi) is 5.27. The van der Waals surface area contributed by atoms with Crippen molar-refractivity contribution in [3.05, 3.63) is 23.8 Å². The number of nitrogens with one attached hydrogen (secondary N) is 1. The van der Waals surface area contributed by atoms with Crippen LogP contribution in [0.4, 0.5) is 5.13 Å². The molecule has 130 valence electrons. The summed E-state index contributed by atoms with van der Waals surface area (Å²) in [6.07, 6.45) is 7.05. The third-order valence-electron chi connectivity index (χ3n) is 5.29. The van der Waals surface area contributed by atoms with E-state index in [1.807, 2.05) is 17.5 Å². The zero-order valence-corrected chi connectivity index (χ0v) is 14.9. The number of thiazole rings is 1. The summed E-state index contributed by atoms with van der Waals surface area (Å²) in [5.41, 5.74) is 7.07. The van der Waals surface area contributed by atoms with Gasteiger partial charge in [-0.1, -0.05) is 6.42 Å². The molecule has 2 unspecified atom stereocenters. The van der Waals surface area contributed by atoms with E-state index < -0.39 is 0 Å². The molecule has 4 rings (SSSR count). The Morgan fingerprint density at radius 3 is 2.75 bits per heavy atom. The number of hydrogen-bond donors (Lipinski definition) is 2. The van der Waals surface area contributed by atoms with Crippen molar-refractivity contribution in [2.24, 2.45) is 23.5 Å². The first-order valence-electron chi connectivity index (χ1n) is 8.26. The van der Waals surface area contributed by atoms with Crippen LogP contribution in [-0.2, 0) is 4.79 Å². The van der Waals surface area contributed by atoms with Gasteiger partial charge in [0, 0.05) is 17.3 Å². The quantitative estimate of drug-likeness (QED) is 0.861. The predicted molar refractivity (Wildman–Crippen MR) is 97.2 cm³/mol. The zero-order chi connectivity index (χ0) is 15.8. The molecule has 3 N–H and O–H groups in total. The summed E-state index contributed by atoms with van der Waals surface area (Å²) in [6, 6.07) is 3.99. The maximum atomic E-state index is 12.6. The monoisotopic (exact) mass is 367 g/mol. The van der Waals surface area contributed by atoms with Crippen molar-refractivity contribution in [1.82, 2.24) is 4.98 Å². The van der Waals surface area contributed by atoms with Crippen LogP contribution < -0.4 is 11.1 Å². The number of carbonyl (C=O) groups is 1. The van der Waals surface area contributed by atoms with Crippen LogP contribution in [0.5, 0.6) is 0 Å². The molecule has 2 saturated carbocycles. The molecule has 0 saturated heterocycles. The zero-order valence-electron chi connectivity index (χ0n) is 13.3. The van der Waals surface area contributed by atoms with Crippen LogP contribution in [0.25, 0.3) is 11.5 Å². The van der Waals surface area contributed by atoms with Crippen LogP contribution >= 0.6 is 23.7 Å². The Bertz CT molecular complexity index is 674. The molecule has 2 aromatic rings. The smallest absolute Gasteiger partial charge is 0.229 e. The van der Waals surface area contributed by atoms with E-state index >= 15 is 0 Å². The van der Waals surface area contributed by atoms with E-state index in [1.165, 1.54) is 30.6 Å². The van der Waals surface area contributed by atoms with Gasteiger partial charge in [0.1, 0.15) is 5.69 Å². The van der Waals surface area contributed by atoms with E-state index in [4.69, 9.17) is 10.2 Å². The Balaban J connectivity index is 0.00000169. The van der Waals surface area contributed by atoms with Crippen LogP contribution in [0, 0.1) is 17.8 Å². The van der Waals surface area contributed by atoms with Gasteiger partial charge in [-0.3, -0.25) is 4.79 Å². The highest BCUT2D eigenvalue weighted by atomic mass is 35.5. The van der Waals surface area contributed by atoms with Crippen molar-refractivity contribution >= 4 is 34.8 Å². The SMILES string of the molecule is Cl.NC1C2CCCC1CC(C(=O)Nc1nc(-c3ccco3)cs1)C2. The Morgan fingerprint density at radius 2 is 2.08 bits per heavy atom. The summed E-state index contributed by atoms with van der Waals surface area (Å²) in [4.78, 5) is 17.0. The molecule has 1 amide bonds. The molecule has 2 fully saturated rings. The molecule has 0 aliphatic heterocycles. The largest absolute Gasteiger partial charge is 0.463 e. The molecule has 2 aliphatic rings. The first kappa shape index (κ1) is 17.5. The average molecular weight is 368 g/mol. The van der Waals surface area contributed by atoms with Crippen LogP contribution in [0.1, 0.15) is 32.1 Å². The first-order chi connectivity index (χ1) is 11.2. The van der Waals surface area contributed by atoms with Gasteiger partial charge in [-0.2, -0.15) is 0 Å². The second-order valence-electron chi connectivity index (χ2n) is 6.70. The lowest BCUT2D eigenvalue weighted by Crippen LogP contribution is -2.48. The summed E-state index contributed by atoms with van der Waals surface area (Å²) >= 11 is 1.43. The molecule has 5 nitrogen and oxygen atoms in total. The van der Waals surface area contributed by atoms with Crippen molar-refractivity contribution in [1.29, 1.82) is 0 Å². The Labute approximate surface area is 151 Å². The summed E-state index contributed by atoms with van der Waals surface area (Å²) < 4.78 is 5.33. The fourth-order valence-electron chi connectivity index (χ4n) is 4.08. The molecule has 7 heteroatoms. The van der Waals surface area contributed by atoms with Gasteiger partial charge in [0.15, 0.2) is 10.9 Å². The predicted octanol–water partition coefficient (Wildman–Crippen LogP) is 3.92. The molecule has 0 radical (unpaired) electrons. The molecule has 2 atom stereocenters. The molecule has 24 heavy (non-hydrogen) atoms. The third-order valence-corrected chi connectivity index (χ3v) is 6.05. The Hall–Kier alpha value is -1.37. The standard InChI is InChI=1S/C17H21N3O2S.ClH/c18-15-10-3-1-4-11(15)8-12(7-10)16(21)20-17-19-13(9-23-17)14-5-2-6-22-14;/h2,5-6,9-12,15H,1,3-4,7-8,18H2,(H,19,20,21);1H. The van der Waals surface area contributed by atoms with E-state index in [0.29, 0.717) is 23.0 Å². The molecule has 2 bridgehead atoms. The average Bonchev–Trinajstić information content (AvgIpc) is 3.17. The van der Waals surface area contributed by atoms with Crippen LogP contribution in [0.3, 0.4) is 0 Å². The van der Waals surface area contributed by atoms with E-state index in [9.17, 15) is 4.79 Å². The van der Waals surface area contributed by atoms with Crippen LogP contribution in [0.15, 0.2) is 28.2 Å². The summed E-state index contributed by atoms with van der Waals surface area (Å²) in [5, 5.41) is 5.53. The minimum Gasteiger partial charge on any atom is -0.463 e. The van der Waals surface area contributed by atoms with Crippen molar-refractivity contribution in [2.75, 3.05) is 5.32 Å². The topological polar surface area (TPSA) is 81.2 Å². The number of rotatable bonds is 3. The van der Waals surface area contributed by atoms with Crippen molar-refractivity contribution < 1.29 is 9.21 Å². The van der Waals surface area contributed by atoms with E-state index in [1.54, 1.807) is 6.26 Å². The second-order valence-corrected chi connectivity index (χ2v) is 7.56. The normalized spacial score (nSPS) is 28.9. The van der Waals surface area contributed by atoms with Gasteiger partial charge in [0.25, 0.3) is 0 Å². The third kappa shape index (κ3) is 3.36. The fraction of sp³-hybridized carbons (Fsp3) is 0.529. The number of nitrogens with two attached hydrogens (primary N) is 1. The van der Waals surface area contributed by atoms with Gasteiger partial charge in [-0.15, -0.1) is 23.7 Å². The molecule has 0 spiro atoms. The lowest BCUT2D eigenvalue weighted by atomic mass is 9.65. The van der Waals surface area contributed by atoms with E-state index in [2.05, 4.69) is 10.3 Å². The van der Waals surface area contributed by atoms with E-state index in [0.717, 1.165) is 24.3 Å². The highest BCUT2D eigenvalue weighted by molar-refractivity contribution is 7.14. The number of nitrogens with zero attached hydrogens (tertiary/aromatic N) is 1. The Morgan fingerprint density at radius 1 is 1.33 bits per heavy atom. The number of halogens is 1. The second kappa shape index (κ2) is 7.25. The molecule has 0 aromatic carbocycles. The summed E-state index contributed by atoms with van der Waals surface area (Å²) in [7, 11) is 0. The lowest BCUT2D eigenvalue weighted by molar-refractivity contribution is -0.122. The van der Waals surface area contributed by atoms with Gasteiger partial charge >= 0.3 is 0 Å². The van der Waals surface area contributed by atoms with Gasteiger partial charge < -0.3 is 15.5 Å². The minimum atomic E-state index is 0. The summed E-state index contributed by atoms with van der Waals surface area (Å²) in [5.74, 6) is 1.90. The number of carbonyl (C=O) groups excluding carboxylic acids is 1. The molecule has 2 aromatic heterocycles. The molecular weight excluding hydrogens is 346 g/mol. The van der Waals surface area contributed by atoms with Crippen molar-refractivity contribution in [3.8, 4) is 11.5 Å². The van der Waals surface area contributed by atoms with Gasteiger partial charge in [-0.05, 0) is 49.7 Å². The van der Waals surface area contributed by atoms with Gasteiger partial charge in [0.2, 0.25) is 5.91 Å². The first-order valence-corrected chi connectivity index (χ1v) is 9.14. The number of aromatic nitrogens is 1. The van der Waals surface area contributed by atoms with Crippen LogP contribution in [-0.4, -0.2) is 16.9 Å². The molecule has 2 aliphatic carbocycles. The highest BCUT2D eigenvalue weighted by Gasteiger charge is 2.40. The maximum Gasteiger partial charge on any atom is 0.229 e. The van der Waals surface area contributed by atoms with Gasteiger partial charge in [0.05, 0.1) is 6.26 Å². The number of anilines is 1. The highest BCUT2D eigenvalue weighted by Crippen LogP contribution is 2.42. The fourth-order valence-corrected chi connectivity index (χ4v) is 4.78. The number of fused-ring (bicyclic) bond motifs is 2. The lowest BCUT2D eigenvalue weighted by Gasteiger charge is -2.43. The maximum absolute atomic E-state index is 12.6. The number of amides is 1. The molecule has 2 heterocycles. The molecular formula is C17H22ClN3O2S. The van der Waals surface area contributed by atoms with Crippen LogP contribution in [0.2, 0.25) is 0 Å².